The van der Waals surface area contributed by atoms with E-state index in [4.69, 9.17) is 19.9 Å². The molecule has 7 heteroatoms. The summed E-state index contributed by atoms with van der Waals surface area (Å²) in [5.74, 6) is 0.600. The van der Waals surface area contributed by atoms with Gasteiger partial charge in [-0.25, -0.2) is 0 Å². The first-order chi connectivity index (χ1) is 12.4. The fourth-order valence-corrected chi connectivity index (χ4v) is 2.34. The lowest BCUT2D eigenvalue weighted by atomic mass is 10.1. The quantitative estimate of drug-likeness (QED) is 0.750. The molecule has 2 rings (SSSR count). The molecule has 0 aliphatic heterocycles. The number of benzene rings is 2. The van der Waals surface area contributed by atoms with E-state index in [-0.39, 0.29) is 12.5 Å². The number of hydrogen-bond donors (Lipinski definition) is 2. The third kappa shape index (κ3) is 4.89. The summed E-state index contributed by atoms with van der Waals surface area (Å²) in [6.07, 6.45) is 0. The SMILES string of the molecule is COc1cc(CNC(=O)c2ccc(OCC(N)=O)c(OC)c2)ccc1C. The van der Waals surface area contributed by atoms with Crippen LogP contribution in [0.25, 0.3) is 0 Å². The van der Waals surface area contributed by atoms with E-state index in [9.17, 15) is 9.59 Å². The van der Waals surface area contributed by atoms with Crippen LogP contribution in [-0.2, 0) is 11.3 Å². The summed E-state index contributed by atoms with van der Waals surface area (Å²) in [6, 6.07) is 10.4. The van der Waals surface area contributed by atoms with Gasteiger partial charge in [0.15, 0.2) is 18.1 Å². The minimum Gasteiger partial charge on any atom is -0.496 e. The summed E-state index contributed by atoms with van der Waals surface area (Å²) < 4.78 is 15.7. The number of nitrogens with two attached hydrogens (primary N) is 1. The Hall–Kier alpha value is -3.22. The molecule has 2 aromatic carbocycles. The number of hydrogen-bond acceptors (Lipinski definition) is 5. The molecule has 0 bridgehead atoms. The van der Waals surface area contributed by atoms with Crippen molar-refractivity contribution in [3.05, 3.63) is 53.1 Å². The van der Waals surface area contributed by atoms with Gasteiger partial charge < -0.3 is 25.3 Å². The molecular weight excluding hydrogens is 336 g/mol. The molecule has 3 N–H and O–H groups in total. The van der Waals surface area contributed by atoms with Gasteiger partial charge in [-0.15, -0.1) is 0 Å². The van der Waals surface area contributed by atoms with Crippen molar-refractivity contribution in [3.63, 3.8) is 0 Å². The summed E-state index contributed by atoms with van der Waals surface area (Å²) in [6.45, 7) is 2.05. The second-order valence-corrected chi connectivity index (χ2v) is 5.61. The number of methoxy groups -OCH3 is 2. The van der Waals surface area contributed by atoms with Gasteiger partial charge >= 0.3 is 0 Å². The van der Waals surface area contributed by atoms with E-state index in [1.807, 2.05) is 25.1 Å². The third-order valence-electron chi connectivity index (χ3n) is 3.72. The summed E-state index contributed by atoms with van der Waals surface area (Å²) in [7, 11) is 3.06. The predicted molar refractivity (Wildman–Crippen MR) is 96.6 cm³/mol. The maximum absolute atomic E-state index is 12.4. The molecule has 0 unspecified atom stereocenters. The summed E-state index contributed by atoms with van der Waals surface area (Å²) in [5, 5.41) is 2.84. The molecule has 0 atom stereocenters. The fourth-order valence-electron chi connectivity index (χ4n) is 2.34. The maximum atomic E-state index is 12.4. The van der Waals surface area contributed by atoms with Crippen LogP contribution in [0.1, 0.15) is 21.5 Å². The molecule has 0 aliphatic carbocycles. The van der Waals surface area contributed by atoms with E-state index in [1.54, 1.807) is 25.3 Å². The van der Waals surface area contributed by atoms with E-state index in [0.29, 0.717) is 23.6 Å². The molecule has 0 aromatic heterocycles. The minimum atomic E-state index is -0.595. The number of aryl methyl sites for hydroxylation is 1. The van der Waals surface area contributed by atoms with Gasteiger partial charge in [0.2, 0.25) is 0 Å². The standard InChI is InChI=1S/C19H22N2O5/c1-12-4-5-13(8-16(12)24-2)10-21-19(23)14-6-7-15(17(9-14)25-3)26-11-18(20)22/h4-9H,10-11H2,1-3H3,(H2,20,22)(H,21,23). The molecule has 0 saturated carbocycles. The summed E-state index contributed by atoms with van der Waals surface area (Å²) in [5.41, 5.74) is 7.42. The monoisotopic (exact) mass is 358 g/mol. The number of nitrogens with one attached hydrogen (secondary N) is 1. The highest BCUT2D eigenvalue weighted by molar-refractivity contribution is 5.94. The number of carbonyl (C=O) groups excluding carboxylic acids is 2. The lowest BCUT2D eigenvalue weighted by Gasteiger charge is -2.12. The zero-order chi connectivity index (χ0) is 19.1. The Balaban J connectivity index is 2.06. The summed E-state index contributed by atoms with van der Waals surface area (Å²) >= 11 is 0. The van der Waals surface area contributed by atoms with Crippen molar-refractivity contribution in [1.29, 1.82) is 0 Å². The minimum absolute atomic E-state index is 0.260. The van der Waals surface area contributed by atoms with Crippen LogP contribution < -0.4 is 25.3 Å². The van der Waals surface area contributed by atoms with Crippen LogP contribution in [-0.4, -0.2) is 32.6 Å². The molecule has 0 heterocycles. The fraction of sp³-hybridized carbons (Fsp3) is 0.263. The van der Waals surface area contributed by atoms with Gasteiger partial charge in [-0.2, -0.15) is 0 Å². The lowest BCUT2D eigenvalue weighted by molar-refractivity contribution is -0.119. The van der Waals surface area contributed by atoms with Gasteiger partial charge in [-0.3, -0.25) is 9.59 Å². The zero-order valence-electron chi connectivity index (χ0n) is 15.0. The first-order valence-corrected chi connectivity index (χ1v) is 7.95. The Labute approximate surface area is 152 Å². The molecule has 0 aliphatic rings. The van der Waals surface area contributed by atoms with E-state index >= 15 is 0 Å². The van der Waals surface area contributed by atoms with Crippen molar-refractivity contribution in [2.75, 3.05) is 20.8 Å². The van der Waals surface area contributed by atoms with Crippen molar-refractivity contribution in [1.82, 2.24) is 5.32 Å². The van der Waals surface area contributed by atoms with E-state index in [1.165, 1.54) is 7.11 Å². The lowest BCUT2D eigenvalue weighted by Crippen LogP contribution is -2.23. The van der Waals surface area contributed by atoms with Gasteiger partial charge in [-0.05, 0) is 42.3 Å². The topological polar surface area (TPSA) is 99.9 Å². The molecule has 0 saturated heterocycles. The van der Waals surface area contributed by atoms with Crippen LogP contribution >= 0.6 is 0 Å². The van der Waals surface area contributed by atoms with Crippen LogP contribution in [0.3, 0.4) is 0 Å². The number of rotatable bonds is 8. The Kier molecular flexibility index (Phi) is 6.43. The van der Waals surface area contributed by atoms with Gasteiger partial charge in [0.1, 0.15) is 5.75 Å². The first-order valence-electron chi connectivity index (χ1n) is 7.95. The van der Waals surface area contributed by atoms with Crippen molar-refractivity contribution in [2.24, 2.45) is 5.73 Å². The molecule has 2 aromatic rings. The second kappa shape index (κ2) is 8.75. The smallest absolute Gasteiger partial charge is 0.255 e. The third-order valence-corrected chi connectivity index (χ3v) is 3.72. The molecule has 2 amide bonds. The Morgan fingerprint density at radius 2 is 1.73 bits per heavy atom. The van der Waals surface area contributed by atoms with Crippen LogP contribution in [0.2, 0.25) is 0 Å². The largest absolute Gasteiger partial charge is 0.496 e. The molecule has 7 nitrogen and oxygen atoms in total. The normalized spacial score (nSPS) is 10.1. The second-order valence-electron chi connectivity index (χ2n) is 5.61. The highest BCUT2D eigenvalue weighted by Gasteiger charge is 2.12. The van der Waals surface area contributed by atoms with Gasteiger partial charge in [0, 0.05) is 12.1 Å². The molecule has 26 heavy (non-hydrogen) atoms. The van der Waals surface area contributed by atoms with Gasteiger partial charge in [-0.1, -0.05) is 12.1 Å². The van der Waals surface area contributed by atoms with E-state index < -0.39 is 5.91 Å². The number of ether oxygens (including phenoxy) is 3. The van der Waals surface area contributed by atoms with Crippen LogP contribution in [0.5, 0.6) is 17.2 Å². The van der Waals surface area contributed by atoms with Crippen molar-refractivity contribution >= 4 is 11.8 Å². The first kappa shape index (κ1) is 19.1. The average molecular weight is 358 g/mol. The van der Waals surface area contributed by atoms with Crippen molar-refractivity contribution in [2.45, 2.75) is 13.5 Å². The van der Waals surface area contributed by atoms with E-state index in [0.717, 1.165) is 16.9 Å². The number of primary amides is 1. The van der Waals surface area contributed by atoms with Crippen molar-refractivity contribution < 1.29 is 23.8 Å². The summed E-state index contributed by atoms with van der Waals surface area (Å²) in [4.78, 5) is 23.2. The maximum Gasteiger partial charge on any atom is 0.255 e. The van der Waals surface area contributed by atoms with Crippen molar-refractivity contribution in [3.8, 4) is 17.2 Å². The predicted octanol–water partition coefficient (Wildman–Crippen LogP) is 1.81. The molecule has 0 spiro atoms. The molecule has 0 radical (unpaired) electrons. The highest BCUT2D eigenvalue weighted by Crippen LogP contribution is 2.28. The van der Waals surface area contributed by atoms with Gasteiger partial charge in [0.25, 0.3) is 11.8 Å². The molecular formula is C19H22N2O5. The van der Waals surface area contributed by atoms with Crippen LogP contribution in [0, 0.1) is 6.92 Å². The zero-order valence-corrected chi connectivity index (χ0v) is 15.0. The number of carbonyl (C=O) groups is 2. The van der Waals surface area contributed by atoms with Gasteiger partial charge in [0.05, 0.1) is 14.2 Å². The Bertz CT molecular complexity index is 805. The highest BCUT2D eigenvalue weighted by atomic mass is 16.5. The molecule has 138 valence electrons. The van der Waals surface area contributed by atoms with Crippen LogP contribution in [0.4, 0.5) is 0 Å². The Morgan fingerprint density at radius 1 is 1.00 bits per heavy atom. The molecule has 0 fully saturated rings. The average Bonchev–Trinajstić information content (AvgIpc) is 2.65. The Morgan fingerprint density at radius 3 is 2.38 bits per heavy atom. The van der Waals surface area contributed by atoms with Crippen LogP contribution in [0.15, 0.2) is 36.4 Å². The van der Waals surface area contributed by atoms with E-state index in [2.05, 4.69) is 5.32 Å². The number of amides is 2.